The molecule has 3 aliphatic rings. The van der Waals surface area contributed by atoms with E-state index in [1.54, 1.807) is 19.9 Å². The van der Waals surface area contributed by atoms with Crippen LogP contribution < -0.4 is 11.3 Å². The number of pyridine rings is 2. The Labute approximate surface area is 206 Å². The fraction of sp³-hybridized carbons (Fsp3) is 0.400. The molecule has 2 atom stereocenters. The van der Waals surface area contributed by atoms with Gasteiger partial charge in [0.25, 0.3) is 15.7 Å². The van der Waals surface area contributed by atoms with E-state index in [0.29, 0.717) is 35.3 Å². The van der Waals surface area contributed by atoms with E-state index in [-0.39, 0.29) is 42.6 Å². The van der Waals surface area contributed by atoms with Crippen molar-refractivity contribution in [2.45, 2.75) is 57.9 Å². The second kappa shape index (κ2) is 7.44. The number of nitrogens with two attached hydrogens (primary N) is 1. The summed E-state index contributed by atoms with van der Waals surface area (Å²) in [4.78, 5) is 31.3. The van der Waals surface area contributed by atoms with Crippen molar-refractivity contribution in [3.8, 4) is 11.4 Å². The largest absolute Gasteiger partial charge is 0.458 e. The number of carbonyl (C=O) groups is 1. The van der Waals surface area contributed by atoms with Crippen LogP contribution in [-0.4, -0.2) is 30.2 Å². The van der Waals surface area contributed by atoms with Gasteiger partial charge in [0.2, 0.25) is 5.60 Å². The molecule has 36 heavy (non-hydrogen) atoms. The van der Waals surface area contributed by atoms with E-state index in [4.69, 9.17) is 19.6 Å². The maximum atomic E-state index is 14.8. The summed E-state index contributed by atoms with van der Waals surface area (Å²) in [5.41, 5.74) is 8.83. The van der Waals surface area contributed by atoms with E-state index in [1.165, 1.54) is 10.6 Å². The molecule has 1 aromatic carbocycles. The SMILES string of the molecule is CC[C@]1(OS(C)(=O)=O)C(=O)OCc2c1cc1n(c2=O)Cc2c-1nc1cc(F)c(C)c3c1c2[C@@H](N)CC3. The molecule has 0 fully saturated rings. The van der Waals surface area contributed by atoms with Gasteiger partial charge in [0.1, 0.15) is 12.4 Å². The summed E-state index contributed by atoms with van der Waals surface area (Å²) in [6.45, 7) is 3.24. The zero-order chi connectivity index (χ0) is 25.7. The van der Waals surface area contributed by atoms with Gasteiger partial charge in [0.05, 0.1) is 35.3 Å². The molecule has 6 rings (SSSR count). The molecule has 2 N–H and O–H groups in total. The summed E-state index contributed by atoms with van der Waals surface area (Å²) in [5.74, 6) is -1.24. The van der Waals surface area contributed by atoms with E-state index in [2.05, 4.69) is 0 Å². The van der Waals surface area contributed by atoms with Gasteiger partial charge in [0, 0.05) is 28.6 Å². The highest BCUT2D eigenvalue weighted by atomic mass is 32.2. The van der Waals surface area contributed by atoms with Crippen molar-refractivity contribution in [2.24, 2.45) is 5.73 Å². The summed E-state index contributed by atoms with van der Waals surface area (Å²) in [5, 5.41) is 0.832. The summed E-state index contributed by atoms with van der Waals surface area (Å²) < 4.78 is 51.1. The molecule has 0 amide bonds. The van der Waals surface area contributed by atoms with E-state index in [9.17, 15) is 22.4 Å². The zero-order valence-corrected chi connectivity index (χ0v) is 20.8. The third-order valence-corrected chi connectivity index (χ3v) is 8.27. The first kappa shape index (κ1) is 23.3. The van der Waals surface area contributed by atoms with E-state index < -0.39 is 27.2 Å². The molecule has 2 aromatic heterocycles. The smallest absolute Gasteiger partial charge is 0.345 e. The number of benzene rings is 1. The number of hydrogen-bond donors (Lipinski definition) is 1. The second-order valence-electron chi connectivity index (χ2n) is 9.71. The molecule has 188 valence electrons. The monoisotopic (exact) mass is 513 g/mol. The van der Waals surface area contributed by atoms with Gasteiger partial charge in [-0.2, -0.15) is 8.42 Å². The van der Waals surface area contributed by atoms with Crippen LogP contribution in [0.3, 0.4) is 0 Å². The Hall–Kier alpha value is -3.15. The van der Waals surface area contributed by atoms with Crippen molar-refractivity contribution < 1.29 is 26.5 Å². The first-order valence-electron chi connectivity index (χ1n) is 11.7. The summed E-state index contributed by atoms with van der Waals surface area (Å²) >= 11 is 0. The van der Waals surface area contributed by atoms with Crippen molar-refractivity contribution in [2.75, 3.05) is 6.26 Å². The van der Waals surface area contributed by atoms with Crippen molar-refractivity contribution in [3.63, 3.8) is 0 Å². The van der Waals surface area contributed by atoms with Gasteiger partial charge in [-0.15, -0.1) is 0 Å². The standard InChI is InChI=1S/C25H24FN3O6S/c1-4-25(35-36(3,32)33)15-7-19-22-13(9-29(19)23(30)14(15)10-34-24(25)31)20-17(27)6-5-12-11(2)16(26)8-18(28-22)21(12)20/h7-8,17H,4-6,9-10,27H2,1-3H3/t17-,25+/m0/s1. The summed E-state index contributed by atoms with van der Waals surface area (Å²) in [7, 11) is -4.09. The number of carbonyl (C=O) groups excluding carboxylic acids is 1. The lowest BCUT2D eigenvalue weighted by molar-refractivity contribution is -0.168. The van der Waals surface area contributed by atoms with Crippen LogP contribution in [0, 0.1) is 12.7 Å². The molecule has 9 nitrogen and oxygen atoms in total. The van der Waals surface area contributed by atoms with Crippen molar-refractivity contribution in [3.05, 3.63) is 61.7 Å². The van der Waals surface area contributed by atoms with Crippen LogP contribution in [0.5, 0.6) is 0 Å². The van der Waals surface area contributed by atoms with Crippen molar-refractivity contribution in [1.29, 1.82) is 0 Å². The number of halogens is 1. The molecule has 0 radical (unpaired) electrons. The van der Waals surface area contributed by atoms with Gasteiger partial charge in [0.15, 0.2) is 0 Å². The van der Waals surface area contributed by atoms with Gasteiger partial charge in [-0.05, 0) is 48.9 Å². The minimum Gasteiger partial charge on any atom is -0.458 e. The number of fused-ring (bicyclic) bond motifs is 5. The lowest BCUT2D eigenvalue weighted by Gasteiger charge is -2.34. The molecule has 0 unspecified atom stereocenters. The predicted molar refractivity (Wildman–Crippen MR) is 128 cm³/mol. The highest BCUT2D eigenvalue weighted by Crippen LogP contribution is 2.46. The Bertz CT molecular complexity index is 1700. The summed E-state index contributed by atoms with van der Waals surface area (Å²) in [6.07, 6.45) is 2.04. The number of rotatable bonds is 3. The van der Waals surface area contributed by atoms with Crippen molar-refractivity contribution >= 4 is 27.0 Å². The van der Waals surface area contributed by atoms with Gasteiger partial charge in [-0.3, -0.25) is 4.79 Å². The first-order valence-corrected chi connectivity index (χ1v) is 13.5. The van der Waals surface area contributed by atoms with Gasteiger partial charge in [-0.1, -0.05) is 6.92 Å². The fourth-order valence-electron chi connectivity index (χ4n) is 5.98. The Morgan fingerprint density at radius 1 is 1.28 bits per heavy atom. The third-order valence-electron chi connectivity index (χ3n) is 7.68. The van der Waals surface area contributed by atoms with E-state index in [1.807, 2.05) is 0 Å². The molecule has 0 bridgehead atoms. The molecular weight excluding hydrogens is 489 g/mol. The van der Waals surface area contributed by atoms with Crippen LogP contribution in [0.25, 0.3) is 22.3 Å². The average Bonchev–Trinajstić information content (AvgIpc) is 3.18. The Morgan fingerprint density at radius 2 is 2.03 bits per heavy atom. The number of cyclic esters (lactones) is 1. The Morgan fingerprint density at radius 3 is 2.72 bits per heavy atom. The number of hydrogen-bond acceptors (Lipinski definition) is 8. The zero-order valence-electron chi connectivity index (χ0n) is 20.0. The third kappa shape index (κ3) is 2.99. The van der Waals surface area contributed by atoms with Crippen LogP contribution in [-0.2, 0) is 49.0 Å². The molecule has 3 aromatic rings. The highest BCUT2D eigenvalue weighted by Gasteiger charge is 2.50. The van der Waals surface area contributed by atoms with Crippen LogP contribution >= 0.6 is 0 Å². The summed E-state index contributed by atoms with van der Waals surface area (Å²) in [6, 6.07) is 2.66. The normalized spacial score (nSPS) is 22.2. The van der Waals surface area contributed by atoms with Crippen molar-refractivity contribution in [1.82, 2.24) is 9.55 Å². The van der Waals surface area contributed by atoms with E-state index >= 15 is 0 Å². The Balaban J connectivity index is 1.68. The number of aromatic nitrogens is 2. The van der Waals surface area contributed by atoms with Gasteiger partial charge in [-0.25, -0.2) is 18.4 Å². The topological polar surface area (TPSA) is 131 Å². The number of aryl methyl sites for hydroxylation is 1. The number of nitrogens with zero attached hydrogens (tertiary/aromatic N) is 2. The van der Waals surface area contributed by atoms with Crippen LogP contribution in [0.1, 0.15) is 59.2 Å². The average molecular weight is 514 g/mol. The molecule has 1 aliphatic carbocycles. The molecule has 2 aliphatic heterocycles. The maximum Gasteiger partial charge on any atom is 0.345 e. The van der Waals surface area contributed by atoms with E-state index in [0.717, 1.165) is 28.3 Å². The molecule has 0 spiro atoms. The molecular formula is C25H24FN3O6S. The van der Waals surface area contributed by atoms with Crippen LogP contribution in [0.2, 0.25) is 0 Å². The van der Waals surface area contributed by atoms with Gasteiger partial charge >= 0.3 is 5.97 Å². The fourth-order valence-corrected chi connectivity index (χ4v) is 6.77. The predicted octanol–water partition coefficient (Wildman–Crippen LogP) is 2.46. The minimum absolute atomic E-state index is 0.0726. The highest BCUT2D eigenvalue weighted by molar-refractivity contribution is 7.86. The lowest BCUT2D eigenvalue weighted by Crippen LogP contribution is -2.47. The first-order chi connectivity index (χ1) is 17.0. The van der Waals surface area contributed by atoms with Crippen LogP contribution in [0.4, 0.5) is 4.39 Å². The molecule has 0 saturated carbocycles. The molecule has 11 heteroatoms. The van der Waals surface area contributed by atoms with Gasteiger partial charge < -0.3 is 15.0 Å². The number of esters is 1. The lowest BCUT2D eigenvalue weighted by atomic mass is 9.82. The van der Waals surface area contributed by atoms with Crippen LogP contribution in [0.15, 0.2) is 16.9 Å². The second-order valence-corrected chi connectivity index (χ2v) is 11.3. The quantitative estimate of drug-likeness (QED) is 0.327. The molecule has 0 saturated heterocycles. The minimum atomic E-state index is -4.09. The maximum absolute atomic E-state index is 14.8. The Kier molecular flexibility index (Phi) is 4.80. The number of ether oxygens (including phenoxy) is 1. The molecule has 4 heterocycles.